The molecular formula is C24H31ClN2O. The Balaban J connectivity index is 1.44. The summed E-state index contributed by atoms with van der Waals surface area (Å²) in [6, 6.07) is 16.5. The molecule has 2 atom stereocenters. The second-order valence-electron chi connectivity index (χ2n) is 8.42. The van der Waals surface area contributed by atoms with Gasteiger partial charge in [0.25, 0.3) is 0 Å². The number of halogens is 1. The normalized spacial score (nSPS) is 26.4. The Morgan fingerprint density at radius 1 is 1.00 bits per heavy atom. The van der Waals surface area contributed by atoms with Gasteiger partial charge in [-0.1, -0.05) is 60.8 Å². The molecule has 1 aliphatic heterocycles. The number of piperazine rings is 1. The van der Waals surface area contributed by atoms with Crippen LogP contribution in [0, 0.1) is 12.8 Å². The molecule has 0 radical (unpaired) electrons. The molecule has 0 spiro atoms. The smallest absolute Gasteiger partial charge is 0.0939 e. The van der Waals surface area contributed by atoms with E-state index in [9.17, 15) is 5.11 Å². The lowest BCUT2D eigenvalue weighted by atomic mass is 9.70. The molecule has 2 fully saturated rings. The molecule has 0 aromatic heterocycles. The first-order valence-corrected chi connectivity index (χ1v) is 11.0. The Morgan fingerprint density at radius 2 is 1.71 bits per heavy atom. The van der Waals surface area contributed by atoms with Crippen molar-refractivity contribution in [3.05, 3.63) is 64.7 Å². The highest BCUT2D eigenvalue weighted by atomic mass is 35.5. The van der Waals surface area contributed by atoms with Crippen LogP contribution in [0.1, 0.15) is 36.8 Å². The molecule has 28 heavy (non-hydrogen) atoms. The quantitative estimate of drug-likeness (QED) is 0.797. The Hall–Kier alpha value is -1.55. The van der Waals surface area contributed by atoms with Crippen LogP contribution in [-0.2, 0) is 5.60 Å². The molecule has 1 heterocycles. The zero-order chi connectivity index (χ0) is 19.6. The van der Waals surface area contributed by atoms with E-state index in [0.29, 0.717) is 5.92 Å². The van der Waals surface area contributed by atoms with Crippen molar-refractivity contribution in [2.45, 2.75) is 38.2 Å². The third-order valence-corrected chi connectivity index (χ3v) is 7.01. The summed E-state index contributed by atoms with van der Waals surface area (Å²) in [5.74, 6) is 0.300. The number of aliphatic hydroxyl groups is 1. The second-order valence-corrected chi connectivity index (χ2v) is 8.83. The van der Waals surface area contributed by atoms with Crippen molar-refractivity contribution in [3.63, 3.8) is 0 Å². The number of nitrogens with zero attached hydrogens (tertiary/aromatic N) is 2. The average Bonchev–Trinajstić information content (AvgIpc) is 2.71. The molecule has 0 bridgehead atoms. The third kappa shape index (κ3) is 3.94. The number of hydrogen-bond donors (Lipinski definition) is 1. The van der Waals surface area contributed by atoms with Crippen LogP contribution in [0.5, 0.6) is 0 Å². The number of rotatable bonds is 4. The fourth-order valence-electron chi connectivity index (χ4n) is 5.07. The van der Waals surface area contributed by atoms with Gasteiger partial charge < -0.3 is 10.0 Å². The van der Waals surface area contributed by atoms with E-state index in [4.69, 9.17) is 11.6 Å². The molecule has 4 rings (SSSR count). The highest BCUT2D eigenvalue weighted by Gasteiger charge is 2.42. The Morgan fingerprint density at radius 3 is 2.46 bits per heavy atom. The fourth-order valence-corrected chi connectivity index (χ4v) is 5.33. The standard InChI is InChI=1S/C24H31ClN2O/c1-19-8-2-3-10-21(19)24(28)13-7-6-9-20(24)18-26-14-16-27(17-15-26)23-12-5-4-11-22(23)25/h2-5,8,10-12,20,28H,6-7,9,13-18H2,1H3. The lowest BCUT2D eigenvalue weighted by molar-refractivity contribution is -0.0664. The van der Waals surface area contributed by atoms with Crippen LogP contribution in [0.25, 0.3) is 0 Å². The highest BCUT2D eigenvalue weighted by Crippen LogP contribution is 2.43. The lowest BCUT2D eigenvalue weighted by Crippen LogP contribution is -2.51. The molecule has 1 saturated carbocycles. The Labute approximate surface area is 173 Å². The summed E-state index contributed by atoms with van der Waals surface area (Å²) in [6.45, 7) is 7.11. The first-order chi connectivity index (χ1) is 13.6. The number of para-hydroxylation sites is 1. The molecule has 2 aromatic rings. The maximum absolute atomic E-state index is 11.7. The summed E-state index contributed by atoms with van der Waals surface area (Å²) in [4.78, 5) is 4.92. The predicted molar refractivity (Wildman–Crippen MR) is 117 cm³/mol. The molecule has 2 aliphatic rings. The molecular weight excluding hydrogens is 368 g/mol. The van der Waals surface area contributed by atoms with Crippen LogP contribution in [0.15, 0.2) is 48.5 Å². The van der Waals surface area contributed by atoms with E-state index < -0.39 is 5.60 Å². The second kappa shape index (κ2) is 8.44. The van der Waals surface area contributed by atoms with Gasteiger partial charge in [0.15, 0.2) is 0 Å². The zero-order valence-electron chi connectivity index (χ0n) is 16.8. The third-order valence-electron chi connectivity index (χ3n) is 6.69. The summed E-state index contributed by atoms with van der Waals surface area (Å²) >= 11 is 6.38. The molecule has 2 unspecified atom stereocenters. The number of hydrogen-bond acceptors (Lipinski definition) is 3. The van der Waals surface area contributed by atoms with Gasteiger partial charge in [-0.15, -0.1) is 0 Å². The number of aryl methyl sites for hydroxylation is 1. The first-order valence-electron chi connectivity index (χ1n) is 10.6. The van der Waals surface area contributed by atoms with Crippen LogP contribution < -0.4 is 4.90 Å². The van der Waals surface area contributed by atoms with Crippen molar-refractivity contribution in [3.8, 4) is 0 Å². The molecule has 4 heteroatoms. The van der Waals surface area contributed by atoms with Crippen LogP contribution in [0.4, 0.5) is 5.69 Å². The van der Waals surface area contributed by atoms with Crippen LogP contribution in [-0.4, -0.2) is 42.7 Å². The van der Waals surface area contributed by atoms with Gasteiger partial charge in [-0.05, 0) is 43.0 Å². The van der Waals surface area contributed by atoms with Gasteiger partial charge in [0, 0.05) is 38.6 Å². The topological polar surface area (TPSA) is 26.7 Å². The Bertz CT molecular complexity index is 803. The SMILES string of the molecule is Cc1ccccc1C1(O)CCCCC1CN1CCN(c2ccccc2Cl)CC1. The lowest BCUT2D eigenvalue weighted by Gasteiger charge is -2.45. The molecule has 0 amide bonds. The van der Waals surface area contributed by atoms with Gasteiger partial charge in [0.05, 0.1) is 16.3 Å². The monoisotopic (exact) mass is 398 g/mol. The van der Waals surface area contributed by atoms with E-state index in [0.717, 1.165) is 68.3 Å². The van der Waals surface area contributed by atoms with Gasteiger partial charge in [-0.2, -0.15) is 0 Å². The Kier molecular flexibility index (Phi) is 5.96. The minimum atomic E-state index is -0.691. The van der Waals surface area contributed by atoms with E-state index in [1.54, 1.807) is 0 Å². The van der Waals surface area contributed by atoms with Crippen LogP contribution in [0.3, 0.4) is 0 Å². The largest absolute Gasteiger partial charge is 0.385 e. The zero-order valence-corrected chi connectivity index (χ0v) is 17.5. The van der Waals surface area contributed by atoms with E-state index in [2.05, 4.69) is 53.1 Å². The summed E-state index contributed by atoms with van der Waals surface area (Å²) in [7, 11) is 0. The predicted octanol–water partition coefficient (Wildman–Crippen LogP) is 4.85. The molecule has 3 nitrogen and oxygen atoms in total. The van der Waals surface area contributed by atoms with Crippen molar-refractivity contribution < 1.29 is 5.11 Å². The maximum Gasteiger partial charge on any atom is 0.0939 e. The molecule has 1 N–H and O–H groups in total. The van der Waals surface area contributed by atoms with Crippen molar-refractivity contribution in [2.24, 2.45) is 5.92 Å². The maximum atomic E-state index is 11.7. The molecule has 150 valence electrons. The van der Waals surface area contributed by atoms with Gasteiger partial charge >= 0.3 is 0 Å². The van der Waals surface area contributed by atoms with Gasteiger partial charge in [-0.25, -0.2) is 0 Å². The van der Waals surface area contributed by atoms with E-state index in [1.165, 1.54) is 12.0 Å². The van der Waals surface area contributed by atoms with E-state index in [-0.39, 0.29) is 0 Å². The van der Waals surface area contributed by atoms with E-state index in [1.807, 2.05) is 12.1 Å². The van der Waals surface area contributed by atoms with Crippen molar-refractivity contribution in [1.82, 2.24) is 4.90 Å². The minimum absolute atomic E-state index is 0.300. The molecule has 1 saturated heterocycles. The first kappa shape index (κ1) is 19.8. The van der Waals surface area contributed by atoms with Gasteiger partial charge in [-0.3, -0.25) is 4.90 Å². The summed E-state index contributed by atoms with van der Waals surface area (Å²) in [6.07, 6.45) is 4.32. The van der Waals surface area contributed by atoms with Crippen molar-refractivity contribution in [2.75, 3.05) is 37.6 Å². The summed E-state index contributed by atoms with van der Waals surface area (Å²) < 4.78 is 0. The van der Waals surface area contributed by atoms with E-state index >= 15 is 0 Å². The summed E-state index contributed by atoms with van der Waals surface area (Å²) in [5.41, 5.74) is 2.79. The highest BCUT2D eigenvalue weighted by molar-refractivity contribution is 6.33. The van der Waals surface area contributed by atoms with Crippen molar-refractivity contribution in [1.29, 1.82) is 0 Å². The van der Waals surface area contributed by atoms with Gasteiger partial charge in [0.2, 0.25) is 0 Å². The van der Waals surface area contributed by atoms with Gasteiger partial charge in [0.1, 0.15) is 0 Å². The van der Waals surface area contributed by atoms with Crippen LogP contribution >= 0.6 is 11.6 Å². The fraction of sp³-hybridized carbons (Fsp3) is 0.500. The average molecular weight is 399 g/mol. The van der Waals surface area contributed by atoms with Crippen LogP contribution in [0.2, 0.25) is 5.02 Å². The molecule has 1 aliphatic carbocycles. The number of benzene rings is 2. The number of anilines is 1. The molecule has 2 aromatic carbocycles. The summed E-state index contributed by atoms with van der Waals surface area (Å²) in [5, 5.41) is 12.6. The van der Waals surface area contributed by atoms with Crippen molar-refractivity contribution >= 4 is 17.3 Å². The minimum Gasteiger partial charge on any atom is -0.385 e.